The number of benzene rings is 1. The van der Waals surface area contributed by atoms with Crippen molar-refractivity contribution in [3.63, 3.8) is 0 Å². The molecule has 10 heteroatoms. The third-order valence-electron chi connectivity index (χ3n) is 2.88. The van der Waals surface area contributed by atoms with E-state index in [0.29, 0.717) is 0 Å². The predicted octanol–water partition coefficient (Wildman–Crippen LogP) is 1.59. The molecule has 23 heavy (non-hydrogen) atoms. The molecule has 0 unspecified atom stereocenters. The molecule has 9 nitrogen and oxygen atoms in total. The second kappa shape index (κ2) is 6.42. The van der Waals surface area contributed by atoms with E-state index in [9.17, 15) is 18.5 Å². The molecule has 1 aromatic carbocycles. The highest BCUT2D eigenvalue weighted by molar-refractivity contribution is 7.96. The first-order valence-electron chi connectivity index (χ1n) is 6.14. The van der Waals surface area contributed by atoms with Crippen molar-refractivity contribution in [1.29, 1.82) is 0 Å². The molecule has 0 spiro atoms. The van der Waals surface area contributed by atoms with Gasteiger partial charge < -0.3 is 4.94 Å². The summed E-state index contributed by atoms with van der Waals surface area (Å²) in [5, 5.41) is 14.1. The van der Waals surface area contributed by atoms with Gasteiger partial charge in [0.15, 0.2) is 0 Å². The maximum atomic E-state index is 12.4. The predicted molar refractivity (Wildman–Crippen MR) is 84.7 cm³/mol. The number of sulfonamides is 1. The number of nitrogens with zero attached hydrogens (tertiary/aromatic N) is 2. The van der Waals surface area contributed by atoms with E-state index in [1.54, 1.807) is 0 Å². The number of nitro benzene ring substituents is 1. The number of oxime groups is 1. The molecule has 0 aliphatic heterocycles. The molecule has 0 amide bonds. The van der Waals surface area contributed by atoms with E-state index in [1.165, 1.54) is 42.5 Å². The normalized spacial score (nSPS) is 16.1. The number of nitrogens with two attached hydrogens (primary N) is 1. The number of non-ortho nitro benzene ring substituents is 1. The first-order chi connectivity index (χ1) is 10.8. The Morgan fingerprint density at radius 2 is 1.96 bits per heavy atom. The lowest BCUT2D eigenvalue weighted by atomic mass is 10.1. The summed E-state index contributed by atoms with van der Waals surface area (Å²) in [6.45, 7) is 3.65. The molecule has 0 heterocycles. The molecule has 3 N–H and O–H groups in total. The van der Waals surface area contributed by atoms with Gasteiger partial charge in [0.05, 0.1) is 9.83 Å². The van der Waals surface area contributed by atoms with E-state index in [-0.39, 0.29) is 27.6 Å². The van der Waals surface area contributed by atoms with Crippen LogP contribution in [0.5, 0.6) is 0 Å². The van der Waals surface area contributed by atoms with Crippen LogP contribution in [0, 0.1) is 10.1 Å². The molecule has 0 bridgehead atoms. The van der Waals surface area contributed by atoms with Crippen molar-refractivity contribution in [2.24, 2.45) is 11.1 Å². The van der Waals surface area contributed by atoms with Crippen molar-refractivity contribution in [3.8, 4) is 0 Å². The van der Waals surface area contributed by atoms with Gasteiger partial charge in [0.25, 0.3) is 15.7 Å². The highest BCUT2D eigenvalue weighted by atomic mass is 32.2. The van der Waals surface area contributed by atoms with Gasteiger partial charge in [-0.2, -0.15) is 0 Å². The van der Waals surface area contributed by atoms with Gasteiger partial charge in [-0.15, -0.1) is 5.90 Å². The highest BCUT2D eigenvalue weighted by Crippen LogP contribution is 2.25. The lowest BCUT2D eigenvalue weighted by Crippen LogP contribution is -2.20. The van der Waals surface area contributed by atoms with Crippen molar-refractivity contribution in [3.05, 3.63) is 69.7 Å². The molecule has 1 aromatic rings. The average Bonchev–Trinajstić information content (AvgIpc) is 2.49. The summed E-state index contributed by atoms with van der Waals surface area (Å²) in [6, 6.07) is 4.96. The van der Waals surface area contributed by atoms with Crippen molar-refractivity contribution < 1.29 is 18.3 Å². The van der Waals surface area contributed by atoms with Crippen LogP contribution in [0.2, 0.25) is 0 Å². The number of allylic oxidation sites excluding steroid dienone is 4. The summed E-state index contributed by atoms with van der Waals surface area (Å²) in [4.78, 5) is 14.0. The Labute approximate surface area is 131 Å². The van der Waals surface area contributed by atoms with Gasteiger partial charge >= 0.3 is 0 Å². The van der Waals surface area contributed by atoms with Crippen LogP contribution in [0.15, 0.2) is 64.7 Å². The fraction of sp³-hybridized carbons (Fsp3) is 0. The van der Waals surface area contributed by atoms with Crippen LogP contribution in [-0.2, 0) is 15.0 Å². The minimum Gasteiger partial charge on any atom is -0.302 e. The van der Waals surface area contributed by atoms with Crippen molar-refractivity contribution >= 4 is 27.1 Å². The number of hydrogen-bond donors (Lipinski definition) is 2. The Balaban J connectivity index is 2.27. The zero-order valence-electron chi connectivity index (χ0n) is 11.7. The summed E-state index contributed by atoms with van der Waals surface area (Å²) in [6.07, 6.45) is 4.28. The average molecular weight is 336 g/mol. The molecule has 0 fully saturated rings. The standard InChI is InChI=1S/C13H12N4O5S/c1-9-12(15-22-14)3-2-4-13(9)23(20,21)16-10-5-7-11(8-6-10)17(18)19/h2-8,16H,1,14H2/b15-12-. The molecule has 2 rings (SSSR count). The fourth-order valence-corrected chi connectivity index (χ4v) is 3.05. The maximum absolute atomic E-state index is 12.4. The fourth-order valence-electron chi connectivity index (χ4n) is 1.81. The first-order valence-corrected chi connectivity index (χ1v) is 7.62. The van der Waals surface area contributed by atoms with Gasteiger partial charge in [-0.3, -0.25) is 14.8 Å². The third kappa shape index (κ3) is 3.62. The molecule has 0 saturated heterocycles. The second-order valence-electron chi connectivity index (χ2n) is 4.36. The second-order valence-corrected chi connectivity index (χ2v) is 6.01. The molecule has 0 radical (unpaired) electrons. The summed E-state index contributed by atoms with van der Waals surface area (Å²) < 4.78 is 27.1. The SMILES string of the molecule is C=C1C(S(=O)(=O)Nc2ccc([N+](=O)[O-])cc2)=CC=C/C1=N/ON. The zero-order valence-corrected chi connectivity index (χ0v) is 12.5. The first kappa shape index (κ1) is 16.4. The van der Waals surface area contributed by atoms with Crippen LogP contribution < -0.4 is 10.6 Å². The molecule has 0 saturated carbocycles. The van der Waals surface area contributed by atoms with Crippen LogP contribution >= 0.6 is 0 Å². The van der Waals surface area contributed by atoms with E-state index in [4.69, 9.17) is 5.90 Å². The molecule has 1 aliphatic rings. The Morgan fingerprint density at radius 1 is 1.30 bits per heavy atom. The van der Waals surface area contributed by atoms with Crippen LogP contribution in [0.1, 0.15) is 0 Å². The Hall–Kier alpha value is -2.98. The minimum atomic E-state index is -3.96. The lowest BCUT2D eigenvalue weighted by molar-refractivity contribution is -0.384. The van der Waals surface area contributed by atoms with Gasteiger partial charge in [0.2, 0.25) is 0 Å². The maximum Gasteiger partial charge on any atom is 0.269 e. The Kier molecular flexibility index (Phi) is 4.57. The van der Waals surface area contributed by atoms with E-state index in [0.717, 1.165) is 0 Å². The minimum absolute atomic E-state index is 0.104. The largest absolute Gasteiger partial charge is 0.302 e. The van der Waals surface area contributed by atoms with Gasteiger partial charge in [-0.1, -0.05) is 17.8 Å². The van der Waals surface area contributed by atoms with E-state index >= 15 is 0 Å². The molecule has 0 atom stereocenters. The molecular formula is C13H12N4O5S. The summed E-state index contributed by atoms with van der Waals surface area (Å²) in [5.74, 6) is 4.84. The van der Waals surface area contributed by atoms with Gasteiger partial charge in [-0.05, 0) is 24.3 Å². The Morgan fingerprint density at radius 3 is 2.52 bits per heavy atom. The van der Waals surface area contributed by atoms with Crippen molar-refractivity contribution in [1.82, 2.24) is 0 Å². The summed E-state index contributed by atoms with van der Waals surface area (Å²) in [7, 11) is -3.96. The van der Waals surface area contributed by atoms with E-state index in [2.05, 4.69) is 21.4 Å². The number of nitro groups is 1. The highest BCUT2D eigenvalue weighted by Gasteiger charge is 2.25. The number of anilines is 1. The Bertz CT molecular complexity index is 838. The zero-order chi connectivity index (χ0) is 17.0. The smallest absolute Gasteiger partial charge is 0.269 e. The van der Waals surface area contributed by atoms with Crippen LogP contribution in [0.3, 0.4) is 0 Å². The molecule has 1 aliphatic carbocycles. The molecule has 0 aromatic heterocycles. The number of nitrogens with one attached hydrogen (secondary N) is 1. The van der Waals surface area contributed by atoms with Crippen molar-refractivity contribution in [2.75, 3.05) is 4.72 Å². The molecule has 120 valence electrons. The van der Waals surface area contributed by atoms with Gasteiger partial charge in [0.1, 0.15) is 5.71 Å². The van der Waals surface area contributed by atoms with Crippen LogP contribution in [0.25, 0.3) is 0 Å². The van der Waals surface area contributed by atoms with Crippen molar-refractivity contribution in [2.45, 2.75) is 0 Å². The van der Waals surface area contributed by atoms with Crippen LogP contribution in [0.4, 0.5) is 11.4 Å². The summed E-state index contributed by atoms with van der Waals surface area (Å²) in [5.41, 5.74) is 0.297. The lowest BCUT2D eigenvalue weighted by Gasteiger charge is -2.15. The monoisotopic (exact) mass is 336 g/mol. The quantitative estimate of drug-likeness (QED) is 0.619. The number of rotatable bonds is 5. The van der Waals surface area contributed by atoms with E-state index < -0.39 is 14.9 Å². The van der Waals surface area contributed by atoms with Crippen LogP contribution in [-0.4, -0.2) is 19.1 Å². The van der Waals surface area contributed by atoms with Gasteiger partial charge in [-0.25, -0.2) is 8.42 Å². The molecular weight excluding hydrogens is 324 g/mol. The third-order valence-corrected chi connectivity index (χ3v) is 4.35. The van der Waals surface area contributed by atoms with E-state index in [1.807, 2.05) is 0 Å². The summed E-state index contributed by atoms with van der Waals surface area (Å²) >= 11 is 0. The topological polar surface area (TPSA) is 137 Å². The number of hydrogen-bond acceptors (Lipinski definition) is 7. The van der Waals surface area contributed by atoms with Gasteiger partial charge in [0, 0.05) is 23.4 Å².